The molecule has 2 fully saturated rings. The fourth-order valence-electron chi connectivity index (χ4n) is 6.41. The Balaban J connectivity index is 2.01. The van der Waals surface area contributed by atoms with Crippen molar-refractivity contribution in [3.05, 3.63) is 29.8 Å². The van der Waals surface area contributed by atoms with Gasteiger partial charge in [0.15, 0.2) is 0 Å². The number of piperazine rings is 1. The van der Waals surface area contributed by atoms with Crippen LogP contribution in [0.25, 0.3) is 0 Å². The van der Waals surface area contributed by atoms with E-state index in [9.17, 15) is 19.8 Å². The molecule has 2 N–H and O–H groups in total. The molecule has 0 spiro atoms. The molecule has 12 nitrogen and oxygen atoms in total. The molecule has 262 valence electrons. The van der Waals surface area contributed by atoms with Gasteiger partial charge in [0.2, 0.25) is 11.8 Å². The molecule has 2 heterocycles. The molecule has 0 radical (unpaired) electrons. The molecule has 2 aliphatic rings. The largest absolute Gasteiger partial charge is 0.497 e. The summed E-state index contributed by atoms with van der Waals surface area (Å²) in [5.41, 5.74) is 0.943. The molecule has 1 aromatic rings. The van der Waals surface area contributed by atoms with Crippen LogP contribution in [0.1, 0.15) is 45.2 Å². The van der Waals surface area contributed by atoms with Crippen LogP contribution in [0.3, 0.4) is 0 Å². The summed E-state index contributed by atoms with van der Waals surface area (Å²) in [6.07, 6.45) is -1.86. The first-order valence-electron chi connectivity index (χ1n) is 16.7. The van der Waals surface area contributed by atoms with Crippen molar-refractivity contribution in [1.29, 1.82) is 0 Å². The molecule has 0 bridgehead atoms. The zero-order valence-electron chi connectivity index (χ0n) is 28.8. The lowest BCUT2D eigenvalue weighted by atomic mass is 9.82. The number of methoxy groups -OCH3 is 3. The second-order valence-corrected chi connectivity index (χ2v) is 12.9. The number of benzene rings is 1. The van der Waals surface area contributed by atoms with E-state index in [-0.39, 0.29) is 42.8 Å². The van der Waals surface area contributed by atoms with Crippen molar-refractivity contribution in [2.24, 2.45) is 11.8 Å². The molecule has 2 amide bonds. The highest BCUT2D eigenvalue weighted by Crippen LogP contribution is 2.37. The quantitative estimate of drug-likeness (QED) is 0.407. The number of rotatable bonds is 9. The van der Waals surface area contributed by atoms with Crippen LogP contribution in [-0.4, -0.2) is 160 Å². The molecule has 12 heteroatoms. The van der Waals surface area contributed by atoms with E-state index >= 15 is 0 Å². The fraction of sp³-hybridized carbons (Fsp3) is 0.765. The molecule has 2 saturated heterocycles. The first kappa shape index (κ1) is 38.1. The van der Waals surface area contributed by atoms with Crippen LogP contribution < -0.4 is 4.74 Å². The number of hydrogen-bond acceptors (Lipinski definition) is 10. The summed E-state index contributed by atoms with van der Waals surface area (Å²) in [5, 5.41) is 21.6. The number of aliphatic hydroxyl groups excluding tert-OH is 2. The van der Waals surface area contributed by atoms with Crippen LogP contribution in [0.15, 0.2) is 24.3 Å². The van der Waals surface area contributed by atoms with Gasteiger partial charge < -0.3 is 39.0 Å². The van der Waals surface area contributed by atoms with Crippen molar-refractivity contribution >= 4 is 11.8 Å². The normalized spacial score (nSPS) is 26.8. The Morgan fingerprint density at radius 3 is 2.35 bits per heavy atom. The Labute approximate surface area is 275 Å². The highest BCUT2D eigenvalue weighted by atomic mass is 16.5. The van der Waals surface area contributed by atoms with Crippen molar-refractivity contribution < 1.29 is 38.7 Å². The Hall–Kier alpha value is -2.32. The maximum atomic E-state index is 14.4. The van der Waals surface area contributed by atoms with E-state index in [1.54, 1.807) is 19.1 Å². The average Bonchev–Trinajstić information content (AvgIpc) is 3.05. The van der Waals surface area contributed by atoms with Gasteiger partial charge in [-0.15, -0.1) is 0 Å². The van der Waals surface area contributed by atoms with Crippen molar-refractivity contribution in [3.8, 4) is 5.75 Å². The van der Waals surface area contributed by atoms with Crippen LogP contribution in [0, 0.1) is 11.8 Å². The van der Waals surface area contributed by atoms with Crippen LogP contribution in [0.4, 0.5) is 0 Å². The molecular formula is C34H58N4O8. The van der Waals surface area contributed by atoms with Gasteiger partial charge in [-0.05, 0) is 36.5 Å². The Bertz CT molecular complexity index is 1050. The number of carbonyl (C=O) groups excluding carboxylic acids is 2. The molecule has 1 aromatic carbocycles. The molecule has 0 aliphatic carbocycles. The van der Waals surface area contributed by atoms with Gasteiger partial charge in [0.05, 0.1) is 32.9 Å². The Morgan fingerprint density at radius 2 is 1.72 bits per heavy atom. The first-order chi connectivity index (χ1) is 22.1. The summed E-state index contributed by atoms with van der Waals surface area (Å²) in [6, 6.07) is 7.51. The summed E-state index contributed by atoms with van der Waals surface area (Å²) in [5.74, 6) is 0.483. The van der Waals surface area contributed by atoms with Gasteiger partial charge >= 0.3 is 0 Å². The van der Waals surface area contributed by atoms with Gasteiger partial charge in [-0.2, -0.15) is 0 Å². The molecule has 46 heavy (non-hydrogen) atoms. The number of carbonyl (C=O) groups is 2. The van der Waals surface area contributed by atoms with Crippen LogP contribution in [0.2, 0.25) is 0 Å². The standard InChI is InChI=1S/C34H58N4O8/c1-25(2)29-21-37(26(3)39)22-31(45-6)34(42)30(40)24-46-18-8-7-12-38(33(29)27-10-9-11-28(20-27)44-5)32(41)23-36-15-13-35(14-16-36)17-19-43-4/h9-11,20,25,29-31,33-34,40,42H,7-8,12-19,21-24H2,1-6H3/t29-,30+,31+,33-,34+/m1/s1. The third kappa shape index (κ3) is 11.1. The number of amides is 2. The van der Waals surface area contributed by atoms with Crippen LogP contribution in [0.5, 0.6) is 5.75 Å². The summed E-state index contributed by atoms with van der Waals surface area (Å²) >= 11 is 0. The predicted octanol–water partition coefficient (Wildman–Crippen LogP) is 1.50. The third-order valence-corrected chi connectivity index (χ3v) is 9.37. The van der Waals surface area contributed by atoms with Crippen LogP contribution >= 0.6 is 0 Å². The second kappa shape index (κ2) is 19.5. The van der Waals surface area contributed by atoms with E-state index in [1.165, 1.54) is 14.0 Å². The summed E-state index contributed by atoms with van der Waals surface area (Å²) in [7, 11) is 4.81. The van der Waals surface area contributed by atoms with Crippen molar-refractivity contribution in [2.75, 3.05) is 100 Å². The number of hydrogen-bond donors (Lipinski definition) is 2. The van der Waals surface area contributed by atoms with Gasteiger partial charge in [-0.25, -0.2) is 0 Å². The van der Waals surface area contributed by atoms with Gasteiger partial charge in [0.25, 0.3) is 0 Å². The monoisotopic (exact) mass is 650 g/mol. The lowest BCUT2D eigenvalue weighted by Crippen LogP contribution is -2.53. The Morgan fingerprint density at radius 1 is 1.00 bits per heavy atom. The van der Waals surface area contributed by atoms with E-state index in [2.05, 4.69) is 23.6 Å². The maximum absolute atomic E-state index is 14.4. The lowest BCUT2D eigenvalue weighted by molar-refractivity contribution is -0.140. The number of nitrogens with zero attached hydrogens (tertiary/aromatic N) is 4. The van der Waals surface area contributed by atoms with Gasteiger partial charge in [0, 0.05) is 86.0 Å². The Kier molecular flexibility index (Phi) is 16.2. The van der Waals surface area contributed by atoms with E-state index in [1.807, 2.05) is 29.2 Å². The molecular weight excluding hydrogens is 592 g/mol. The summed E-state index contributed by atoms with van der Waals surface area (Å²) < 4.78 is 22.2. The number of ether oxygens (including phenoxy) is 4. The molecule has 0 aromatic heterocycles. The highest BCUT2D eigenvalue weighted by Gasteiger charge is 2.38. The third-order valence-electron chi connectivity index (χ3n) is 9.37. The van der Waals surface area contributed by atoms with Crippen molar-refractivity contribution in [1.82, 2.24) is 19.6 Å². The second-order valence-electron chi connectivity index (χ2n) is 12.9. The lowest BCUT2D eigenvalue weighted by Gasteiger charge is -2.43. The molecule has 2 aliphatic heterocycles. The molecule has 0 saturated carbocycles. The fourth-order valence-corrected chi connectivity index (χ4v) is 6.41. The predicted molar refractivity (Wildman–Crippen MR) is 176 cm³/mol. The van der Waals surface area contributed by atoms with Crippen molar-refractivity contribution in [3.63, 3.8) is 0 Å². The SMILES string of the molecule is COCCN1CCN(CC(=O)N2CCCCOC[C@H](O)[C@H](O)[C@@H](OC)CN(C(C)=O)C[C@H](C(C)C)[C@H]2c2cccc(OC)c2)CC1. The van der Waals surface area contributed by atoms with Crippen LogP contribution in [-0.2, 0) is 23.8 Å². The van der Waals surface area contributed by atoms with E-state index < -0.39 is 18.3 Å². The average molecular weight is 651 g/mol. The molecule has 0 unspecified atom stereocenters. The smallest absolute Gasteiger partial charge is 0.237 e. The first-order valence-corrected chi connectivity index (χ1v) is 16.7. The zero-order chi connectivity index (χ0) is 33.6. The topological polar surface area (TPSA) is 124 Å². The van der Waals surface area contributed by atoms with E-state index in [4.69, 9.17) is 18.9 Å². The number of aliphatic hydroxyl groups is 2. The van der Waals surface area contributed by atoms with Gasteiger partial charge in [-0.1, -0.05) is 26.0 Å². The maximum Gasteiger partial charge on any atom is 0.237 e. The minimum absolute atomic E-state index is 0.0454. The zero-order valence-corrected chi connectivity index (χ0v) is 28.8. The van der Waals surface area contributed by atoms with E-state index in [0.717, 1.165) is 38.3 Å². The minimum Gasteiger partial charge on any atom is -0.497 e. The molecule has 3 rings (SSSR count). The molecule has 5 atom stereocenters. The van der Waals surface area contributed by atoms with Crippen molar-refractivity contribution in [2.45, 2.75) is 58.0 Å². The van der Waals surface area contributed by atoms with Gasteiger partial charge in [-0.3, -0.25) is 19.4 Å². The minimum atomic E-state index is -1.24. The summed E-state index contributed by atoms with van der Waals surface area (Å²) in [6.45, 7) is 12.2. The van der Waals surface area contributed by atoms with E-state index in [0.29, 0.717) is 51.4 Å². The van der Waals surface area contributed by atoms with Gasteiger partial charge in [0.1, 0.15) is 24.1 Å². The highest BCUT2D eigenvalue weighted by molar-refractivity contribution is 5.79. The summed E-state index contributed by atoms with van der Waals surface area (Å²) in [4.78, 5) is 35.8.